The molecule has 1 atom stereocenters. The van der Waals surface area contributed by atoms with Gasteiger partial charge in [0, 0.05) is 0 Å². The number of hydrazine groups is 1. The highest BCUT2D eigenvalue weighted by Crippen LogP contribution is 2.38. The fraction of sp³-hybridized carbons (Fsp3) is 0.818. The molecule has 1 fully saturated rings. The first-order valence-electron chi connectivity index (χ1n) is 6.08. The van der Waals surface area contributed by atoms with Gasteiger partial charge in [-0.05, 0) is 36.2 Å². The van der Waals surface area contributed by atoms with Gasteiger partial charge >= 0.3 is 0 Å². The number of nitrogens with zero attached hydrogens (tertiary/aromatic N) is 2. The number of hydrogen-bond acceptors (Lipinski definition) is 5. The van der Waals surface area contributed by atoms with Crippen molar-refractivity contribution in [1.82, 2.24) is 15.0 Å². The first kappa shape index (κ1) is 12.0. The molecule has 5 heteroatoms. The van der Waals surface area contributed by atoms with Crippen molar-refractivity contribution in [1.29, 1.82) is 0 Å². The first-order valence-corrected chi connectivity index (χ1v) is 6.85. The molecule has 1 saturated carbocycles. The summed E-state index contributed by atoms with van der Waals surface area (Å²) in [4.78, 5) is 1.17. The summed E-state index contributed by atoms with van der Waals surface area (Å²) in [5.74, 6) is 7.24. The molecule has 1 heterocycles. The van der Waals surface area contributed by atoms with Crippen molar-refractivity contribution in [2.45, 2.75) is 45.1 Å². The van der Waals surface area contributed by atoms with Crippen molar-refractivity contribution in [3.05, 3.63) is 11.1 Å². The van der Waals surface area contributed by atoms with Crippen molar-refractivity contribution in [2.24, 2.45) is 17.7 Å². The molecule has 90 valence electrons. The van der Waals surface area contributed by atoms with Crippen LogP contribution in [-0.2, 0) is 0 Å². The smallest absolute Gasteiger partial charge is 0.0669 e. The third kappa shape index (κ3) is 2.59. The summed E-state index contributed by atoms with van der Waals surface area (Å²) in [6.45, 7) is 2.29. The highest BCUT2D eigenvalue weighted by Gasteiger charge is 2.28. The second kappa shape index (κ2) is 5.70. The number of aromatic nitrogens is 2. The van der Waals surface area contributed by atoms with Crippen LogP contribution >= 0.6 is 11.5 Å². The van der Waals surface area contributed by atoms with Gasteiger partial charge in [-0.15, -0.1) is 5.10 Å². The van der Waals surface area contributed by atoms with Crippen molar-refractivity contribution in [3.63, 3.8) is 0 Å². The van der Waals surface area contributed by atoms with Crippen LogP contribution in [0.4, 0.5) is 0 Å². The van der Waals surface area contributed by atoms with Gasteiger partial charge in [0.05, 0.1) is 17.1 Å². The van der Waals surface area contributed by atoms with Crippen LogP contribution in [0.15, 0.2) is 6.20 Å². The zero-order valence-corrected chi connectivity index (χ0v) is 10.5. The van der Waals surface area contributed by atoms with E-state index in [9.17, 15) is 0 Å². The molecule has 4 nitrogen and oxygen atoms in total. The number of nitrogens with two attached hydrogens (primary N) is 1. The Kier molecular flexibility index (Phi) is 4.26. The quantitative estimate of drug-likeness (QED) is 0.626. The molecular weight excluding hydrogens is 220 g/mol. The Bertz CT molecular complexity index is 293. The van der Waals surface area contributed by atoms with Crippen molar-refractivity contribution >= 4 is 11.5 Å². The van der Waals surface area contributed by atoms with Gasteiger partial charge in [-0.25, -0.2) is 0 Å². The standard InChI is InChI=1S/C11H20N4S/c1-2-8-3-5-9(6-4-8)11(14-12)10-7-13-15-16-10/h7-9,11,14H,2-6,12H2,1H3. The van der Waals surface area contributed by atoms with Gasteiger partial charge in [0.25, 0.3) is 0 Å². The van der Waals surface area contributed by atoms with Crippen LogP contribution in [-0.4, -0.2) is 9.59 Å². The molecule has 1 aliphatic rings. The topological polar surface area (TPSA) is 63.8 Å². The zero-order valence-electron chi connectivity index (χ0n) is 9.72. The maximum absolute atomic E-state index is 5.66. The highest BCUT2D eigenvalue weighted by atomic mass is 32.1. The Labute approximate surface area is 101 Å². The van der Waals surface area contributed by atoms with Crippen LogP contribution in [0.25, 0.3) is 0 Å². The van der Waals surface area contributed by atoms with Gasteiger partial charge in [-0.2, -0.15) is 0 Å². The van der Waals surface area contributed by atoms with E-state index >= 15 is 0 Å². The first-order chi connectivity index (χ1) is 7.85. The molecule has 0 radical (unpaired) electrons. The fourth-order valence-electron chi connectivity index (χ4n) is 2.69. The molecular formula is C11H20N4S. The van der Waals surface area contributed by atoms with Crippen LogP contribution in [0.3, 0.4) is 0 Å². The van der Waals surface area contributed by atoms with E-state index in [2.05, 4.69) is 21.9 Å². The Hall–Kier alpha value is -0.520. The van der Waals surface area contributed by atoms with Gasteiger partial charge in [0.15, 0.2) is 0 Å². The van der Waals surface area contributed by atoms with E-state index in [1.807, 2.05) is 6.20 Å². The average Bonchev–Trinajstić information content (AvgIpc) is 2.85. The lowest BCUT2D eigenvalue weighted by Gasteiger charge is -2.32. The Morgan fingerprint density at radius 1 is 1.50 bits per heavy atom. The minimum absolute atomic E-state index is 0.248. The van der Waals surface area contributed by atoms with E-state index in [0.29, 0.717) is 5.92 Å². The molecule has 1 aromatic heterocycles. The van der Waals surface area contributed by atoms with Crippen LogP contribution in [0.5, 0.6) is 0 Å². The van der Waals surface area contributed by atoms with Gasteiger partial charge < -0.3 is 0 Å². The summed E-state index contributed by atoms with van der Waals surface area (Å²) in [7, 11) is 0. The molecule has 0 bridgehead atoms. The van der Waals surface area contributed by atoms with Gasteiger partial charge in [-0.3, -0.25) is 11.3 Å². The maximum atomic E-state index is 5.66. The lowest BCUT2D eigenvalue weighted by Crippen LogP contribution is -2.34. The largest absolute Gasteiger partial charge is 0.271 e. The molecule has 0 saturated heterocycles. The summed E-state index contributed by atoms with van der Waals surface area (Å²) in [6, 6.07) is 0.248. The van der Waals surface area contributed by atoms with E-state index in [0.717, 1.165) is 5.92 Å². The minimum Gasteiger partial charge on any atom is -0.271 e. The summed E-state index contributed by atoms with van der Waals surface area (Å²) in [5.41, 5.74) is 2.94. The van der Waals surface area contributed by atoms with E-state index in [1.54, 1.807) is 0 Å². The molecule has 0 spiro atoms. The number of hydrogen-bond donors (Lipinski definition) is 2. The molecule has 1 aliphatic carbocycles. The Morgan fingerprint density at radius 3 is 2.75 bits per heavy atom. The predicted molar refractivity (Wildman–Crippen MR) is 65.7 cm³/mol. The summed E-state index contributed by atoms with van der Waals surface area (Å²) >= 11 is 1.45. The van der Waals surface area contributed by atoms with E-state index in [-0.39, 0.29) is 6.04 Å². The van der Waals surface area contributed by atoms with Crippen LogP contribution in [0.2, 0.25) is 0 Å². The molecule has 0 aromatic carbocycles. The lowest BCUT2D eigenvalue weighted by atomic mass is 9.77. The van der Waals surface area contributed by atoms with E-state index in [4.69, 9.17) is 5.84 Å². The molecule has 16 heavy (non-hydrogen) atoms. The van der Waals surface area contributed by atoms with E-state index in [1.165, 1.54) is 48.5 Å². The second-order valence-corrected chi connectivity index (χ2v) is 5.47. The maximum Gasteiger partial charge on any atom is 0.0669 e. The summed E-state index contributed by atoms with van der Waals surface area (Å²) in [6.07, 6.45) is 8.37. The highest BCUT2D eigenvalue weighted by molar-refractivity contribution is 7.05. The molecule has 2 rings (SSSR count). The Balaban J connectivity index is 1.96. The fourth-order valence-corrected chi connectivity index (χ4v) is 3.35. The normalized spacial score (nSPS) is 27.9. The predicted octanol–water partition coefficient (Wildman–Crippen LogP) is 2.26. The summed E-state index contributed by atoms with van der Waals surface area (Å²) < 4.78 is 3.91. The van der Waals surface area contributed by atoms with Crippen molar-refractivity contribution < 1.29 is 0 Å². The number of nitrogens with one attached hydrogen (secondary N) is 1. The van der Waals surface area contributed by atoms with Crippen LogP contribution < -0.4 is 11.3 Å². The van der Waals surface area contributed by atoms with Crippen LogP contribution in [0, 0.1) is 11.8 Å². The van der Waals surface area contributed by atoms with Gasteiger partial charge in [0.1, 0.15) is 0 Å². The third-order valence-corrected chi connectivity index (χ3v) is 4.55. The van der Waals surface area contributed by atoms with E-state index < -0.39 is 0 Å². The average molecular weight is 240 g/mol. The number of rotatable bonds is 4. The molecule has 0 amide bonds. The van der Waals surface area contributed by atoms with Gasteiger partial charge in [0.2, 0.25) is 0 Å². The Morgan fingerprint density at radius 2 is 2.25 bits per heavy atom. The van der Waals surface area contributed by atoms with Crippen molar-refractivity contribution in [3.8, 4) is 0 Å². The zero-order chi connectivity index (χ0) is 11.4. The third-order valence-electron chi connectivity index (χ3n) is 3.80. The molecule has 3 N–H and O–H groups in total. The lowest BCUT2D eigenvalue weighted by molar-refractivity contribution is 0.221. The molecule has 0 aliphatic heterocycles. The van der Waals surface area contributed by atoms with Gasteiger partial charge in [-0.1, -0.05) is 30.7 Å². The van der Waals surface area contributed by atoms with Crippen molar-refractivity contribution in [2.75, 3.05) is 0 Å². The minimum atomic E-state index is 0.248. The SMILES string of the molecule is CCC1CCC(C(NN)c2cnns2)CC1. The van der Waals surface area contributed by atoms with Crippen LogP contribution in [0.1, 0.15) is 49.9 Å². The molecule has 1 unspecified atom stereocenters. The second-order valence-electron chi connectivity index (χ2n) is 4.65. The summed E-state index contributed by atoms with van der Waals surface area (Å²) in [5, 5.41) is 3.89. The molecule has 1 aromatic rings. The monoisotopic (exact) mass is 240 g/mol.